The average Bonchev–Trinajstić information content (AvgIpc) is 3.91. The molecule has 0 radical (unpaired) electrons. The van der Waals surface area contributed by atoms with Gasteiger partial charge in [-0.2, -0.15) is 0 Å². The average molecular weight is 920 g/mol. The predicted molar refractivity (Wildman–Crippen MR) is 302 cm³/mol. The molecule has 0 heterocycles. The van der Waals surface area contributed by atoms with Crippen LogP contribution in [-0.4, -0.2) is 0 Å². The summed E-state index contributed by atoms with van der Waals surface area (Å²) in [6, 6.07) is 74.7. The second-order valence-electron chi connectivity index (χ2n) is 24.2. The van der Waals surface area contributed by atoms with E-state index in [4.69, 9.17) is 0 Å². The fourth-order valence-corrected chi connectivity index (χ4v) is 12.5. The zero-order valence-electron chi connectivity index (χ0n) is 43.4. The van der Waals surface area contributed by atoms with E-state index >= 15 is 0 Å². The van der Waals surface area contributed by atoms with Gasteiger partial charge in [0.1, 0.15) is 0 Å². The maximum atomic E-state index is 2.59. The van der Waals surface area contributed by atoms with Gasteiger partial charge in [-0.1, -0.05) is 240 Å². The lowest BCUT2D eigenvalue weighted by atomic mass is 9.66. The fourth-order valence-electron chi connectivity index (χ4n) is 12.5. The first-order valence-electron chi connectivity index (χ1n) is 25.8. The molecule has 0 amide bonds. The molecule has 0 saturated carbocycles. The van der Waals surface area contributed by atoms with Crippen molar-refractivity contribution in [1.82, 2.24) is 0 Å². The summed E-state index contributed by atoms with van der Waals surface area (Å²) in [5, 5.41) is 0. The van der Waals surface area contributed by atoms with E-state index in [-0.39, 0.29) is 21.7 Å². The van der Waals surface area contributed by atoms with E-state index in [2.05, 4.69) is 275 Å². The van der Waals surface area contributed by atoms with Crippen molar-refractivity contribution in [1.29, 1.82) is 0 Å². The third-order valence-electron chi connectivity index (χ3n) is 16.4. The molecular weight excluding hydrogens is 855 g/mol. The second kappa shape index (κ2) is 15.6. The minimum absolute atomic E-state index is 0.0481. The van der Waals surface area contributed by atoms with E-state index < -0.39 is 5.41 Å². The first-order chi connectivity index (χ1) is 33.9. The lowest BCUT2D eigenvalue weighted by Gasteiger charge is -2.35. The monoisotopic (exact) mass is 920 g/mol. The predicted octanol–water partition coefficient (Wildman–Crippen LogP) is 19.0. The highest BCUT2D eigenvalue weighted by atomic mass is 15.1. The number of anilines is 3. The molecule has 3 aliphatic rings. The molecule has 9 aromatic rings. The van der Waals surface area contributed by atoms with Gasteiger partial charge in [-0.3, -0.25) is 0 Å². The van der Waals surface area contributed by atoms with E-state index in [0.717, 1.165) is 17.1 Å². The Balaban J connectivity index is 1.16. The van der Waals surface area contributed by atoms with Gasteiger partial charge in [0.15, 0.2) is 0 Å². The van der Waals surface area contributed by atoms with Crippen molar-refractivity contribution < 1.29 is 0 Å². The standard InChI is InChI=1S/C70H65N/c1-66(2,3)46-30-36-53-54-37-31-47(67(4,5)6)41-62(54)70(61(53)40-46)63-42-48(68(7,8)9)32-38-55(63)57-24-19-25-58(65(57)70)56-23-16-18-27-64(56)71(49-33-28-45(29-34-49)44-20-13-12-14-21-44)50-35-39-52-51-22-15-17-26-59(51)69(10,11)60(52)43-50/h12-43H,1-11H3. The maximum Gasteiger partial charge on any atom is 0.0731 e. The van der Waals surface area contributed by atoms with E-state index in [1.165, 1.54) is 106 Å². The van der Waals surface area contributed by atoms with E-state index in [1.54, 1.807) is 0 Å². The molecule has 1 heteroatoms. The van der Waals surface area contributed by atoms with Gasteiger partial charge in [0, 0.05) is 22.4 Å². The maximum absolute atomic E-state index is 2.59. The van der Waals surface area contributed by atoms with Crippen LogP contribution in [0.5, 0.6) is 0 Å². The van der Waals surface area contributed by atoms with Crippen molar-refractivity contribution in [3.05, 3.63) is 244 Å². The van der Waals surface area contributed by atoms with Crippen molar-refractivity contribution in [3.8, 4) is 55.6 Å². The summed E-state index contributed by atoms with van der Waals surface area (Å²) in [5.41, 5.74) is 27.7. The highest BCUT2D eigenvalue weighted by Gasteiger charge is 2.54. The molecule has 9 aromatic carbocycles. The topological polar surface area (TPSA) is 3.24 Å². The van der Waals surface area contributed by atoms with Crippen molar-refractivity contribution in [3.63, 3.8) is 0 Å². The summed E-state index contributed by atoms with van der Waals surface area (Å²) in [5.74, 6) is 0. The summed E-state index contributed by atoms with van der Waals surface area (Å²) >= 11 is 0. The molecule has 0 aromatic heterocycles. The van der Waals surface area contributed by atoms with Gasteiger partial charge in [-0.15, -0.1) is 0 Å². The highest BCUT2D eigenvalue weighted by Crippen LogP contribution is 2.66. The Morgan fingerprint density at radius 1 is 0.310 bits per heavy atom. The summed E-state index contributed by atoms with van der Waals surface area (Å²) in [7, 11) is 0. The molecule has 12 rings (SSSR count). The Morgan fingerprint density at radius 3 is 1.28 bits per heavy atom. The zero-order chi connectivity index (χ0) is 49.4. The number of rotatable bonds is 5. The molecular formula is C70H65N. The molecule has 0 saturated heterocycles. The molecule has 71 heavy (non-hydrogen) atoms. The third-order valence-corrected chi connectivity index (χ3v) is 16.4. The molecule has 0 unspecified atom stereocenters. The summed E-state index contributed by atoms with van der Waals surface area (Å²) < 4.78 is 0. The number of nitrogens with zero attached hydrogens (tertiary/aromatic N) is 1. The van der Waals surface area contributed by atoms with Crippen LogP contribution < -0.4 is 4.90 Å². The van der Waals surface area contributed by atoms with Crippen LogP contribution in [0.1, 0.15) is 126 Å². The van der Waals surface area contributed by atoms with E-state index in [1.807, 2.05) is 0 Å². The Hall–Kier alpha value is -7.22. The molecule has 0 bridgehead atoms. The molecule has 0 N–H and O–H groups in total. The minimum Gasteiger partial charge on any atom is -0.310 e. The van der Waals surface area contributed by atoms with Crippen LogP contribution in [0.3, 0.4) is 0 Å². The Bertz CT molecular complexity index is 3500. The largest absolute Gasteiger partial charge is 0.310 e. The SMILES string of the molecule is CC(C)(C)c1ccc2c(c1)C1(c3cc(C(C)(C)C)ccc3-2)c2cc(C(C)(C)C)ccc2-c2cccc(-c3ccccc3N(c3ccc(-c4ccccc4)cc3)c3ccc4c(c3)C(C)(C)c3ccccc3-4)c21. The van der Waals surface area contributed by atoms with Gasteiger partial charge in [-0.05, 0) is 147 Å². The fraction of sp³-hybridized carbons (Fsp3) is 0.229. The van der Waals surface area contributed by atoms with Gasteiger partial charge in [0.05, 0.1) is 11.1 Å². The number of hydrogen-bond acceptors (Lipinski definition) is 1. The summed E-state index contributed by atoms with van der Waals surface area (Å²) in [6.07, 6.45) is 0. The van der Waals surface area contributed by atoms with E-state index in [9.17, 15) is 0 Å². The van der Waals surface area contributed by atoms with Crippen molar-refractivity contribution >= 4 is 17.1 Å². The van der Waals surface area contributed by atoms with Gasteiger partial charge in [0.25, 0.3) is 0 Å². The Morgan fingerprint density at radius 2 is 0.718 bits per heavy atom. The van der Waals surface area contributed by atoms with Crippen LogP contribution >= 0.6 is 0 Å². The van der Waals surface area contributed by atoms with Crippen molar-refractivity contribution in [2.45, 2.75) is 103 Å². The van der Waals surface area contributed by atoms with Gasteiger partial charge >= 0.3 is 0 Å². The summed E-state index contributed by atoms with van der Waals surface area (Å²) in [4.78, 5) is 2.53. The summed E-state index contributed by atoms with van der Waals surface area (Å²) in [6.45, 7) is 26.0. The molecule has 350 valence electrons. The van der Waals surface area contributed by atoms with Crippen molar-refractivity contribution in [2.75, 3.05) is 4.90 Å². The molecule has 3 aliphatic carbocycles. The van der Waals surface area contributed by atoms with Crippen molar-refractivity contribution in [2.24, 2.45) is 0 Å². The van der Waals surface area contributed by atoms with Gasteiger partial charge < -0.3 is 4.90 Å². The molecule has 1 nitrogen and oxygen atoms in total. The zero-order valence-corrected chi connectivity index (χ0v) is 43.4. The molecule has 0 atom stereocenters. The molecule has 0 aliphatic heterocycles. The van der Waals surface area contributed by atoms with E-state index in [0.29, 0.717) is 0 Å². The third kappa shape index (κ3) is 6.79. The smallest absolute Gasteiger partial charge is 0.0731 e. The lowest BCUT2D eigenvalue weighted by Crippen LogP contribution is -2.29. The van der Waals surface area contributed by atoms with Gasteiger partial charge in [0.2, 0.25) is 0 Å². The number of fused-ring (bicyclic) bond motifs is 13. The van der Waals surface area contributed by atoms with Gasteiger partial charge in [-0.25, -0.2) is 0 Å². The lowest BCUT2D eigenvalue weighted by molar-refractivity contribution is 0.584. The first-order valence-corrected chi connectivity index (χ1v) is 25.8. The number of benzene rings is 9. The highest BCUT2D eigenvalue weighted by molar-refractivity contribution is 6.01. The Kier molecular flexibility index (Phi) is 9.90. The van der Waals surface area contributed by atoms with Crippen LogP contribution in [0, 0.1) is 0 Å². The molecule has 1 spiro atoms. The number of para-hydroxylation sites is 1. The quantitative estimate of drug-likeness (QED) is 0.166. The van der Waals surface area contributed by atoms with Crippen LogP contribution in [0.15, 0.2) is 194 Å². The van der Waals surface area contributed by atoms with Crippen LogP contribution in [0.25, 0.3) is 55.6 Å². The number of hydrogen-bond donors (Lipinski definition) is 0. The minimum atomic E-state index is -0.589. The first kappa shape index (κ1) is 45.0. The normalized spacial score (nSPS) is 14.6. The Labute approximate surface area is 422 Å². The molecule has 0 fully saturated rings. The second-order valence-corrected chi connectivity index (χ2v) is 24.2. The van der Waals surface area contributed by atoms with Crippen LogP contribution in [0.4, 0.5) is 17.1 Å². The van der Waals surface area contributed by atoms with Crippen LogP contribution in [0.2, 0.25) is 0 Å². The van der Waals surface area contributed by atoms with Crippen LogP contribution in [-0.2, 0) is 27.1 Å².